The molecule has 0 bridgehead atoms. The molecule has 3 aromatic rings. The number of hydrogen-bond acceptors (Lipinski definition) is 4. The van der Waals surface area contributed by atoms with Crippen LogP contribution in [-0.2, 0) is 6.42 Å². The third kappa shape index (κ3) is 3.13. The van der Waals surface area contributed by atoms with E-state index < -0.39 is 5.54 Å². The molecule has 2 aliphatic carbocycles. The van der Waals surface area contributed by atoms with E-state index in [-0.39, 0.29) is 12.5 Å². The summed E-state index contributed by atoms with van der Waals surface area (Å²) in [5.41, 5.74) is 4.09. The molecule has 6 nitrogen and oxygen atoms in total. The maximum atomic E-state index is 12.9. The minimum absolute atomic E-state index is 0.130. The molecule has 0 spiro atoms. The predicted octanol–water partition coefficient (Wildman–Crippen LogP) is 3.09. The van der Waals surface area contributed by atoms with Crippen LogP contribution in [0.2, 0.25) is 0 Å². The average Bonchev–Trinajstić information content (AvgIpc) is 3.23. The summed E-state index contributed by atoms with van der Waals surface area (Å²) in [5.74, 6) is 1.59. The summed E-state index contributed by atoms with van der Waals surface area (Å²) < 4.78 is 1.85. The lowest BCUT2D eigenvalue weighted by atomic mass is 10.1. The normalized spacial score (nSPS) is 19.6. The van der Waals surface area contributed by atoms with E-state index >= 15 is 0 Å². The Morgan fingerprint density at radius 1 is 1.21 bits per heavy atom. The summed E-state index contributed by atoms with van der Waals surface area (Å²) in [6.45, 7) is 3.46. The molecule has 2 heterocycles. The fourth-order valence-electron chi connectivity index (χ4n) is 4.19. The van der Waals surface area contributed by atoms with Crippen LogP contribution < -0.4 is 5.32 Å². The van der Waals surface area contributed by atoms with Gasteiger partial charge in [-0.2, -0.15) is 5.10 Å². The Morgan fingerprint density at radius 3 is 2.69 bits per heavy atom. The quantitative estimate of drug-likeness (QED) is 0.704. The van der Waals surface area contributed by atoms with Crippen LogP contribution in [-0.4, -0.2) is 37.9 Å². The summed E-state index contributed by atoms with van der Waals surface area (Å²) in [6, 6.07) is 14.1. The first-order valence-corrected chi connectivity index (χ1v) is 10.0. The molecule has 148 valence electrons. The summed E-state index contributed by atoms with van der Waals surface area (Å²) in [7, 11) is 0. The van der Waals surface area contributed by atoms with E-state index in [2.05, 4.69) is 27.5 Å². The highest BCUT2D eigenvalue weighted by atomic mass is 16.3. The lowest BCUT2D eigenvalue weighted by Gasteiger charge is -2.23. The Morgan fingerprint density at radius 2 is 2.00 bits per heavy atom. The Bertz CT molecular complexity index is 1070. The van der Waals surface area contributed by atoms with Crippen LogP contribution in [0.1, 0.15) is 47.9 Å². The maximum Gasteiger partial charge on any atom is 0.272 e. The molecule has 2 atom stereocenters. The van der Waals surface area contributed by atoms with Gasteiger partial charge in [-0.1, -0.05) is 30.3 Å². The van der Waals surface area contributed by atoms with Gasteiger partial charge in [0.2, 0.25) is 0 Å². The van der Waals surface area contributed by atoms with Crippen LogP contribution >= 0.6 is 0 Å². The Hall–Kier alpha value is -2.99. The first kappa shape index (κ1) is 18.1. The topological polar surface area (TPSA) is 80.0 Å². The van der Waals surface area contributed by atoms with E-state index in [9.17, 15) is 9.90 Å². The Labute approximate surface area is 169 Å². The second kappa shape index (κ2) is 6.52. The van der Waals surface area contributed by atoms with E-state index in [0.717, 1.165) is 41.0 Å². The number of aliphatic hydroxyl groups excluding tert-OH is 1. The highest BCUT2D eigenvalue weighted by Gasteiger charge is 2.50. The standard InChI is InChI=1S/C23H24N4O2/c1-23(2,13-28)25-22(29)20-18-11-16-10-17(16)21(18)27(26-20)19-9-8-15(12-24-19)14-6-4-3-5-7-14/h3-9,12,16-17,28H,10-11,13H2,1-2H3,(H,25,29)/t16-,17-/m0/s1. The molecule has 0 aliphatic heterocycles. The predicted molar refractivity (Wildman–Crippen MR) is 110 cm³/mol. The van der Waals surface area contributed by atoms with Gasteiger partial charge in [0.15, 0.2) is 11.5 Å². The summed E-state index contributed by atoms with van der Waals surface area (Å²) >= 11 is 0. The third-order valence-electron chi connectivity index (χ3n) is 5.90. The molecule has 1 fully saturated rings. The number of carbonyl (C=O) groups is 1. The van der Waals surface area contributed by atoms with Crippen molar-refractivity contribution in [1.29, 1.82) is 0 Å². The molecule has 1 amide bonds. The number of pyridine rings is 1. The van der Waals surface area contributed by atoms with Gasteiger partial charge in [0.1, 0.15) is 0 Å². The fourth-order valence-corrected chi connectivity index (χ4v) is 4.19. The molecule has 2 N–H and O–H groups in total. The minimum Gasteiger partial charge on any atom is -0.394 e. The molecule has 5 rings (SSSR count). The lowest BCUT2D eigenvalue weighted by molar-refractivity contribution is 0.0863. The van der Waals surface area contributed by atoms with Gasteiger partial charge < -0.3 is 10.4 Å². The number of fused-ring (bicyclic) bond motifs is 3. The van der Waals surface area contributed by atoms with Gasteiger partial charge in [0.05, 0.1) is 17.8 Å². The number of hydrogen-bond donors (Lipinski definition) is 2. The summed E-state index contributed by atoms with van der Waals surface area (Å²) in [5, 5.41) is 17.0. The zero-order chi connectivity index (χ0) is 20.2. The van der Waals surface area contributed by atoms with E-state index in [0.29, 0.717) is 17.5 Å². The van der Waals surface area contributed by atoms with Gasteiger partial charge in [-0.05, 0) is 50.3 Å². The zero-order valence-electron chi connectivity index (χ0n) is 16.6. The Kier molecular flexibility index (Phi) is 4.06. The van der Waals surface area contributed by atoms with Crippen molar-refractivity contribution in [2.75, 3.05) is 6.61 Å². The number of aliphatic hydroxyl groups is 1. The van der Waals surface area contributed by atoms with Gasteiger partial charge in [0.25, 0.3) is 5.91 Å². The molecular weight excluding hydrogens is 364 g/mol. The first-order valence-electron chi connectivity index (χ1n) is 10.0. The van der Waals surface area contributed by atoms with Crippen molar-refractivity contribution < 1.29 is 9.90 Å². The summed E-state index contributed by atoms with van der Waals surface area (Å²) in [4.78, 5) is 17.5. The monoisotopic (exact) mass is 388 g/mol. The van der Waals surface area contributed by atoms with Crippen LogP contribution in [0.25, 0.3) is 16.9 Å². The van der Waals surface area contributed by atoms with Gasteiger partial charge >= 0.3 is 0 Å². The smallest absolute Gasteiger partial charge is 0.272 e. The van der Waals surface area contributed by atoms with E-state index in [1.807, 2.05) is 41.2 Å². The van der Waals surface area contributed by atoms with E-state index in [1.165, 1.54) is 0 Å². The average molecular weight is 388 g/mol. The molecule has 6 heteroatoms. The SMILES string of the molecule is CC(C)(CO)NC(=O)c1nn(-c2ccc(-c3ccccc3)cn2)c2c1C[C@@H]1C[C@H]21. The molecule has 1 saturated carbocycles. The van der Waals surface area contributed by atoms with Gasteiger partial charge in [0, 0.05) is 23.2 Å². The number of amides is 1. The molecule has 1 aromatic carbocycles. The highest BCUT2D eigenvalue weighted by molar-refractivity contribution is 5.95. The van der Waals surface area contributed by atoms with Crippen LogP contribution in [0.3, 0.4) is 0 Å². The fraction of sp³-hybridized carbons (Fsp3) is 0.348. The van der Waals surface area contributed by atoms with Crippen LogP contribution in [0.15, 0.2) is 48.7 Å². The van der Waals surface area contributed by atoms with Gasteiger partial charge in [-0.25, -0.2) is 9.67 Å². The van der Waals surface area contributed by atoms with Crippen molar-refractivity contribution in [3.05, 3.63) is 65.6 Å². The van der Waals surface area contributed by atoms with E-state index in [4.69, 9.17) is 0 Å². The largest absolute Gasteiger partial charge is 0.394 e. The number of benzene rings is 1. The summed E-state index contributed by atoms with van der Waals surface area (Å²) in [6.07, 6.45) is 3.90. The molecule has 29 heavy (non-hydrogen) atoms. The number of rotatable bonds is 5. The minimum atomic E-state index is -0.690. The number of nitrogens with zero attached hydrogens (tertiary/aromatic N) is 3. The van der Waals surface area contributed by atoms with E-state index in [1.54, 1.807) is 13.8 Å². The van der Waals surface area contributed by atoms with Crippen molar-refractivity contribution in [2.45, 2.75) is 38.1 Å². The second-order valence-corrected chi connectivity index (χ2v) is 8.70. The molecule has 2 aromatic heterocycles. The van der Waals surface area contributed by atoms with Gasteiger partial charge in [-0.15, -0.1) is 0 Å². The maximum absolute atomic E-state index is 12.9. The number of aromatic nitrogens is 3. The zero-order valence-corrected chi connectivity index (χ0v) is 16.6. The van der Waals surface area contributed by atoms with Crippen molar-refractivity contribution in [3.8, 4) is 16.9 Å². The van der Waals surface area contributed by atoms with Gasteiger partial charge in [-0.3, -0.25) is 4.79 Å². The Balaban J connectivity index is 1.51. The molecule has 0 saturated heterocycles. The van der Waals surface area contributed by atoms with Crippen LogP contribution in [0.5, 0.6) is 0 Å². The second-order valence-electron chi connectivity index (χ2n) is 8.70. The number of nitrogens with one attached hydrogen (secondary N) is 1. The van der Waals surface area contributed by atoms with Crippen molar-refractivity contribution >= 4 is 5.91 Å². The van der Waals surface area contributed by atoms with Crippen LogP contribution in [0, 0.1) is 5.92 Å². The molecule has 2 aliphatic rings. The molecule has 0 unspecified atom stereocenters. The lowest BCUT2D eigenvalue weighted by Crippen LogP contribution is -2.46. The molecule has 0 radical (unpaired) electrons. The first-order chi connectivity index (χ1) is 14.0. The van der Waals surface area contributed by atoms with Crippen LogP contribution in [0.4, 0.5) is 0 Å². The number of carbonyl (C=O) groups excluding carboxylic acids is 1. The molecular formula is C23H24N4O2. The van der Waals surface area contributed by atoms with Crippen molar-refractivity contribution in [3.63, 3.8) is 0 Å². The highest BCUT2D eigenvalue weighted by Crippen LogP contribution is 2.57. The third-order valence-corrected chi connectivity index (χ3v) is 5.90. The van der Waals surface area contributed by atoms with Crippen molar-refractivity contribution in [2.24, 2.45) is 5.92 Å². The van der Waals surface area contributed by atoms with Crippen molar-refractivity contribution in [1.82, 2.24) is 20.1 Å².